The van der Waals surface area contributed by atoms with Gasteiger partial charge in [0, 0.05) is 24.3 Å². The highest BCUT2D eigenvalue weighted by Gasteiger charge is 2.01. The lowest BCUT2D eigenvalue weighted by Gasteiger charge is -2.00. The summed E-state index contributed by atoms with van der Waals surface area (Å²) >= 11 is 0. The topological polar surface area (TPSA) is 61.1 Å². The number of aromatic nitrogens is 1. The molecule has 0 bridgehead atoms. The van der Waals surface area contributed by atoms with Gasteiger partial charge in [0.05, 0.1) is 10.1 Å². The van der Waals surface area contributed by atoms with E-state index in [4.69, 9.17) is 13.0 Å². The van der Waals surface area contributed by atoms with E-state index in [1.807, 2.05) is 0 Å². The van der Waals surface area contributed by atoms with Gasteiger partial charge in [-0.05, 0) is 25.3 Å². The summed E-state index contributed by atoms with van der Waals surface area (Å²) in [4.78, 5) is 0. The molecule has 4 nitrogen and oxygen atoms in total. The van der Waals surface area contributed by atoms with Gasteiger partial charge in [-0.3, -0.25) is 0 Å². The van der Waals surface area contributed by atoms with Gasteiger partial charge in [0.25, 0.3) is 0 Å². The molecule has 0 saturated carbocycles. The van der Waals surface area contributed by atoms with Crippen LogP contribution in [0.15, 0.2) is 24.5 Å². The molecule has 0 fully saturated rings. The minimum Gasteiger partial charge on any atom is -0.748 e. The van der Waals surface area contributed by atoms with Gasteiger partial charge >= 0.3 is 0 Å². The fraction of sp³-hybridized carbons (Fsp3) is 0.667. The lowest BCUT2D eigenvalue weighted by Crippen LogP contribution is -2.33. The number of pyridine rings is 1. The first-order chi connectivity index (χ1) is 9.36. The van der Waals surface area contributed by atoms with Gasteiger partial charge < -0.3 is 4.55 Å². The number of nitrogens with zero attached hydrogens (tertiary/aromatic N) is 1. The molecule has 0 aliphatic carbocycles. The summed E-state index contributed by atoms with van der Waals surface area (Å²) in [5.74, 6) is 0. The van der Waals surface area contributed by atoms with Crippen LogP contribution < -0.4 is 4.57 Å². The summed E-state index contributed by atoms with van der Waals surface area (Å²) in [7, 11) is -3.92. The second-order valence-electron chi connectivity index (χ2n) is 4.96. The van der Waals surface area contributed by atoms with E-state index in [1.54, 1.807) is 0 Å². The van der Waals surface area contributed by atoms with E-state index in [0.717, 1.165) is 0 Å². The second kappa shape index (κ2) is 10.8. The first kappa shape index (κ1) is 19.1. The number of hydrogen-bond acceptors (Lipinski definition) is 3. The Morgan fingerprint density at radius 3 is 2.30 bits per heavy atom. The van der Waals surface area contributed by atoms with E-state index in [1.165, 1.54) is 50.6 Å². The van der Waals surface area contributed by atoms with E-state index in [9.17, 15) is 0 Å². The number of hydrogen-bond donors (Lipinski definition) is 0. The first-order valence-corrected chi connectivity index (χ1v) is 9.07. The van der Waals surface area contributed by atoms with Crippen LogP contribution in [0.2, 0.25) is 0 Å². The standard InChI is InChI=1S/C14H24N.CH4O3S/c1-3-5-7-11-15-12-8-10-14(13-15)9-6-4-2;1-5(2,3)4/h8,10,12-13H,3-7,9,11H2,1-2H3;1H3,(H,2,3,4)/q+1;/p-1. The number of rotatable bonds is 7. The van der Waals surface area contributed by atoms with E-state index in [0.29, 0.717) is 6.26 Å². The fourth-order valence-corrected chi connectivity index (χ4v) is 1.79. The zero-order chi connectivity index (χ0) is 15.4. The lowest BCUT2D eigenvalue weighted by molar-refractivity contribution is -0.697. The molecule has 0 N–H and O–H groups in total. The molecule has 0 unspecified atom stereocenters. The van der Waals surface area contributed by atoms with Gasteiger partial charge in [-0.15, -0.1) is 0 Å². The third kappa shape index (κ3) is 13.5. The molecule has 1 rings (SSSR count). The summed E-state index contributed by atoms with van der Waals surface area (Å²) in [5, 5.41) is 0. The van der Waals surface area contributed by atoms with Crippen molar-refractivity contribution < 1.29 is 17.5 Å². The first-order valence-electron chi connectivity index (χ1n) is 7.25. The molecule has 0 aliphatic heterocycles. The maximum Gasteiger partial charge on any atom is 0.171 e. The average molecular weight is 301 g/mol. The van der Waals surface area contributed by atoms with Gasteiger partial charge in [-0.1, -0.05) is 26.7 Å². The zero-order valence-electron chi connectivity index (χ0n) is 12.8. The Labute approximate surface area is 123 Å². The number of unbranched alkanes of at least 4 members (excludes halogenated alkanes) is 3. The van der Waals surface area contributed by atoms with Gasteiger partial charge in [-0.25, -0.2) is 13.0 Å². The van der Waals surface area contributed by atoms with Crippen molar-refractivity contribution in [3.63, 3.8) is 0 Å². The highest BCUT2D eigenvalue weighted by Crippen LogP contribution is 2.02. The molecule has 1 aromatic rings. The molecule has 0 spiro atoms. The summed E-state index contributed by atoms with van der Waals surface area (Å²) in [6.07, 6.45) is 12.9. The van der Waals surface area contributed by atoms with Crippen LogP contribution in [0.25, 0.3) is 0 Å². The predicted octanol–water partition coefficient (Wildman–Crippen LogP) is 2.67. The summed E-state index contributed by atoms with van der Waals surface area (Å²) in [6.45, 7) is 5.67. The van der Waals surface area contributed by atoms with E-state index in [2.05, 4.69) is 42.9 Å². The molecular formula is C15H27NO3S. The Morgan fingerprint density at radius 2 is 1.75 bits per heavy atom. The van der Waals surface area contributed by atoms with Crippen LogP contribution >= 0.6 is 0 Å². The van der Waals surface area contributed by atoms with Crippen molar-refractivity contribution in [2.75, 3.05) is 6.26 Å². The maximum atomic E-state index is 9.08. The fourth-order valence-electron chi connectivity index (χ4n) is 1.79. The molecule has 0 aliphatic rings. The Bertz CT molecular complexity index is 450. The third-order valence-electron chi connectivity index (χ3n) is 2.76. The van der Waals surface area contributed by atoms with Crippen molar-refractivity contribution >= 4 is 10.1 Å². The third-order valence-corrected chi connectivity index (χ3v) is 2.76. The molecule has 1 aromatic heterocycles. The van der Waals surface area contributed by atoms with Gasteiger partial charge in [-0.2, -0.15) is 0 Å². The Balaban J connectivity index is 0.000000621. The highest BCUT2D eigenvalue weighted by molar-refractivity contribution is 7.84. The largest absolute Gasteiger partial charge is 0.748 e. The smallest absolute Gasteiger partial charge is 0.171 e. The summed E-state index contributed by atoms with van der Waals surface area (Å²) in [6, 6.07) is 4.42. The van der Waals surface area contributed by atoms with Crippen molar-refractivity contribution in [3.05, 3.63) is 30.1 Å². The predicted molar refractivity (Wildman–Crippen MR) is 80.4 cm³/mol. The zero-order valence-corrected chi connectivity index (χ0v) is 13.7. The van der Waals surface area contributed by atoms with E-state index < -0.39 is 10.1 Å². The van der Waals surface area contributed by atoms with Crippen LogP contribution in [0, 0.1) is 0 Å². The Morgan fingerprint density at radius 1 is 1.15 bits per heavy atom. The van der Waals surface area contributed by atoms with Crippen molar-refractivity contribution in [1.82, 2.24) is 0 Å². The molecular weight excluding hydrogens is 274 g/mol. The van der Waals surface area contributed by atoms with Crippen molar-refractivity contribution in [2.45, 2.75) is 58.9 Å². The Hall–Kier alpha value is -0.940. The summed E-state index contributed by atoms with van der Waals surface area (Å²) < 4.78 is 29.6. The van der Waals surface area contributed by atoms with Gasteiger partial charge in [0.1, 0.15) is 6.54 Å². The van der Waals surface area contributed by atoms with Crippen molar-refractivity contribution in [1.29, 1.82) is 0 Å². The van der Waals surface area contributed by atoms with Crippen LogP contribution in [-0.2, 0) is 23.1 Å². The van der Waals surface area contributed by atoms with Crippen LogP contribution in [0.3, 0.4) is 0 Å². The molecule has 20 heavy (non-hydrogen) atoms. The van der Waals surface area contributed by atoms with Crippen LogP contribution in [0.1, 0.15) is 51.5 Å². The van der Waals surface area contributed by atoms with E-state index in [-0.39, 0.29) is 0 Å². The lowest BCUT2D eigenvalue weighted by atomic mass is 10.1. The van der Waals surface area contributed by atoms with Crippen molar-refractivity contribution in [2.24, 2.45) is 0 Å². The summed E-state index contributed by atoms with van der Waals surface area (Å²) in [5.41, 5.74) is 1.48. The molecule has 116 valence electrons. The van der Waals surface area contributed by atoms with E-state index >= 15 is 0 Å². The van der Waals surface area contributed by atoms with Crippen LogP contribution in [0.4, 0.5) is 0 Å². The average Bonchev–Trinajstić information content (AvgIpc) is 2.35. The van der Waals surface area contributed by atoms with Crippen molar-refractivity contribution in [3.8, 4) is 0 Å². The Kier molecular flexibility index (Phi) is 10.3. The molecule has 0 saturated heterocycles. The monoisotopic (exact) mass is 301 g/mol. The molecule has 0 radical (unpaired) electrons. The maximum absolute atomic E-state index is 9.08. The SMILES string of the molecule is CCCCC[n+]1cccc(CCCC)c1.CS(=O)(=O)[O-]. The molecule has 1 heterocycles. The van der Waals surface area contributed by atoms with Gasteiger partial charge in [0.15, 0.2) is 12.4 Å². The molecule has 0 amide bonds. The highest BCUT2D eigenvalue weighted by atomic mass is 32.2. The second-order valence-corrected chi connectivity index (χ2v) is 6.37. The quantitative estimate of drug-likeness (QED) is 0.442. The van der Waals surface area contributed by atoms with Crippen LogP contribution in [0.5, 0.6) is 0 Å². The molecule has 0 atom stereocenters. The molecule has 5 heteroatoms. The minimum absolute atomic E-state index is 0.604. The van der Waals surface area contributed by atoms with Gasteiger partial charge in [0.2, 0.25) is 0 Å². The number of aryl methyl sites for hydroxylation is 2. The van der Waals surface area contributed by atoms with Crippen LogP contribution in [-0.4, -0.2) is 19.2 Å². The minimum atomic E-state index is -3.92. The molecule has 0 aromatic carbocycles. The normalized spacial score (nSPS) is 10.8.